The van der Waals surface area contributed by atoms with Crippen LogP contribution in [0.3, 0.4) is 0 Å². The van der Waals surface area contributed by atoms with Crippen molar-refractivity contribution in [2.24, 2.45) is 0 Å². The van der Waals surface area contributed by atoms with Crippen LogP contribution in [-0.4, -0.2) is 22.7 Å². The van der Waals surface area contributed by atoms with Gasteiger partial charge in [0.1, 0.15) is 5.69 Å². The maximum absolute atomic E-state index is 12.2. The second kappa shape index (κ2) is 3.95. The number of ketones is 1. The average Bonchev–Trinajstić information content (AvgIpc) is 2.62. The fraction of sp³-hybridized carbons (Fsp3) is 0.231. The van der Waals surface area contributed by atoms with E-state index in [1.807, 2.05) is 25.1 Å². The summed E-state index contributed by atoms with van der Waals surface area (Å²) >= 11 is 3.39. The Bertz CT molecular complexity index is 675. The van der Waals surface area contributed by atoms with Crippen LogP contribution in [0.15, 0.2) is 22.7 Å². The third kappa shape index (κ3) is 1.66. The smallest absolute Gasteiger partial charge is 0.268 e. The Balaban J connectivity index is 2.32. The van der Waals surface area contributed by atoms with E-state index in [1.54, 1.807) is 0 Å². The predicted octanol–water partition coefficient (Wildman–Crippen LogP) is 2.64. The molecule has 1 unspecified atom stereocenters. The predicted molar refractivity (Wildman–Crippen MR) is 71.9 cm³/mol. The average molecular weight is 307 g/mol. The van der Waals surface area contributed by atoms with Crippen molar-refractivity contribution in [2.45, 2.75) is 19.4 Å². The highest BCUT2D eigenvalue weighted by Crippen LogP contribution is 2.28. The van der Waals surface area contributed by atoms with Crippen molar-refractivity contribution >= 4 is 38.5 Å². The summed E-state index contributed by atoms with van der Waals surface area (Å²) in [6, 6.07) is 5.47. The molecule has 18 heavy (non-hydrogen) atoms. The lowest BCUT2D eigenvalue weighted by Crippen LogP contribution is -2.31. The van der Waals surface area contributed by atoms with E-state index < -0.39 is 0 Å². The summed E-state index contributed by atoms with van der Waals surface area (Å²) < 4.78 is 0.891. The number of carbonyl (C=O) groups excluding carboxylic acids is 2. The van der Waals surface area contributed by atoms with E-state index in [0.717, 1.165) is 15.4 Å². The molecular weight excluding hydrogens is 296 g/mol. The minimum atomic E-state index is -0.212. The van der Waals surface area contributed by atoms with Crippen molar-refractivity contribution < 1.29 is 9.59 Å². The van der Waals surface area contributed by atoms with Gasteiger partial charge in [-0.3, -0.25) is 9.59 Å². The molecule has 4 nitrogen and oxygen atoms in total. The monoisotopic (exact) mass is 306 g/mol. The van der Waals surface area contributed by atoms with Gasteiger partial charge in [0.2, 0.25) is 0 Å². The molecule has 1 aromatic carbocycles. The van der Waals surface area contributed by atoms with Gasteiger partial charge < -0.3 is 10.3 Å². The van der Waals surface area contributed by atoms with E-state index in [0.29, 0.717) is 17.7 Å². The molecular formula is C13H11BrN2O2. The highest BCUT2D eigenvalue weighted by atomic mass is 79.9. The molecule has 1 atom stereocenters. The van der Waals surface area contributed by atoms with E-state index in [-0.39, 0.29) is 17.7 Å². The number of halogens is 1. The van der Waals surface area contributed by atoms with Gasteiger partial charge in [0.25, 0.3) is 5.91 Å². The zero-order valence-electron chi connectivity index (χ0n) is 9.71. The van der Waals surface area contributed by atoms with E-state index >= 15 is 0 Å². The molecule has 1 aliphatic heterocycles. The highest BCUT2D eigenvalue weighted by Gasteiger charge is 2.28. The fourth-order valence-corrected chi connectivity index (χ4v) is 2.71. The zero-order chi connectivity index (χ0) is 12.9. The summed E-state index contributed by atoms with van der Waals surface area (Å²) in [5, 5.41) is 3.60. The minimum absolute atomic E-state index is 0.000185. The number of fused-ring (bicyclic) bond motifs is 3. The van der Waals surface area contributed by atoms with Gasteiger partial charge in [0.05, 0.1) is 5.56 Å². The van der Waals surface area contributed by atoms with Crippen LogP contribution in [0.4, 0.5) is 0 Å². The highest BCUT2D eigenvalue weighted by molar-refractivity contribution is 9.10. The van der Waals surface area contributed by atoms with Crippen molar-refractivity contribution in [3.63, 3.8) is 0 Å². The Morgan fingerprint density at radius 2 is 2.11 bits per heavy atom. The molecule has 3 rings (SSSR count). The molecule has 1 aliphatic rings. The van der Waals surface area contributed by atoms with Gasteiger partial charge in [-0.15, -0.1) is 0 Å². The van der Waals surface area contributed by atoms with Gasteiger partial charge >= 0.3 is 0 Å². The maximum atomic E-state index is 12.2. The Kier molecular flexibility index (Phi) is 2.52. The number of benzene rings is 1. The summed E-state index contributed by atoms with van der Waals surface area (Å²) in [5.74, 6) is -0.212. The van der Waals surface area contributed by atoms with Crippen LogP contribution in [0.1, 0.15) is 34.2 Å². The van der Waals surface area contributed by atoms with Gasteiger partial charge in [0, 0.05) is 27.8 Å². The quantitative estimate of drug-likeness (QED) is 0.786. The number of H-pyrrole nitrogens is 1. The van der Waals surface area contributed by atoms with Crippen LogP contribution in [0.5, 0.6) is 0 Å². The first-order valence-electron chi connectivity index (χ1n) is 5.71. The largest absolute Gasteiger partial charge is 0.350 e. The lowest BCUT2D eigenvalue weighted by atomic mass is 10.0. The van der Waals surface area contributed by atoms with E-state index in [2.05, 4.69) is 26.2 Å². The number of carbonyl (C=O) groups is 2. The number of aromatic amines is 1. The van der Waals surface area contributed by atoms with Gasteiger partial charge in [-0.25, -0.2) is 0 Å². The number of hydrogen-bond donors (Lipinski definition) is 2. The first kappa shape index (κ1) is 11.5. The molecule has 92 valence electrons. The van der Waals surface area contributed by atoms with Crippen LogP contribution in [-0.2, 0) is 0 Å². The third-order valence-electron chi connectivity index (χ3n) is 3.14. The summed E-state index contributed by atoms with van der Waals surface area (Å²) in [5.41, 5.74) is 1.69. The van der Waals surface area contributed by atoms with Crippen molar-refractivity contribution in [1.82, 2.24) is 10.3 Å². The Morgan fingerprint density at radius 3 is 2.89 bits per heavy atom. The first-order valence-corrected chi connectivity index (χ1v) is 6.51. The topological polar surface area (TPSA) is 62.0 Å². The molecule has 0 radical (unpaired) electrons. The second-order valence-corrected chi connectivity index (χ2v) is 5.48. The van der Waals surface area contributed by atoms with Crippen LogP contribution < -0.4 is 5.32 Å². The molecule has 1 amide bonds. The zero-order valence-corrected chi connectivity index (χ0v) is 11.3. The molecule has 0 spiro atoms. The van der Waals surface area contributed by atoms with E-state index in [9.17, 15) is 9.59 Å². The van der Waals surface area contributed by atoms with Crippen LogP contribution in [0.2, 0.25) is 0 Å². The number of nitrogens with one attached hydrogen (secondary N) is 2. The van der Waals surface area contributed by atoms with E-state index in [4.69, 9.17) is 0 Å². The summed E-state index contributed by atoms with van der Waals surface area (Å²) in [6.45, 7) is 1.83. The van der Waals surface area contributed by atoms with Crippen molar-refractivity contribution in [2.75, 3.05) is 0 Å². The minimum Gasteiger partial charge on any atom is -0.350 e. The van der Waals surface area contributed by atoms with Crippen LogP contribution in [0, 0.1) is 0 Å². The molecule has 2 N–H and O–H groups in total. The van der Waals surface area contributed by atoms with Crippen LogP contribution in [0.25, 0.3) is 10.9 Å². The summed E-state index contributed by atoms with van der Waals surface area (Å²) in [7, 11) is 0. The number of Topliss-reactive ketones (excluding diaryl/α,β-unsaturated/α-hetero) is 1. The third-order valence-corrected chi connectivity index (χ3v) is 3.63. The molecule has 2 heterocycles. The second-order valence-electron chi connectivity index (χ2n) is 4.57. The summed E-state index contributed by atoms with van der Waals surface area (Å²) in [4.78, 5) is 27.3. The molecule has 0 saturated heterocycles. The van der Waals surface area contributed by atoms with E-state index in [1.165, 1.54) is 0 Å². The Hall–Kier alpha value is -1.62. The number of rotatable bonds is 0. The molecule has 0 bridgehead atoms. The molecule has 0 saturated carbocycles. The number of hydrogen-bond acceptors (Lipinski definition) is 2. The fourth-order valence-electron chi connectivity index (χ4n) is 2.35. The maximum Gasteiger partial charge on any atom is 0.268 e. The van der Waals surface area contributed by atoms with Gasteiger partial charge in [-0.05, 0) is 25.1 Å². The number of aromatic nitrogens is 1. The van der Waals surface area contributed by atoms with Crippen molar-refractivity contribution in [3.05, 3.63) is 33.9 Å². The van der Waals surface area contributed by atoms with Crippen molar-refractivity contribution in [1.29, 1.82) is 0 Å². The van der Waals surface area contributed by atoms with Gasteiger partial charge in [-0.2, -0.15) is 0 Å². The molecule has 0 fully saturated rings. The lowest BCUT2D eigenvalue weighted by molar-refractivity contribution is 0.0936. The molecule has 1 aromatic heterocycles. The van der Waals surface area contributed by atoms with Crippen molar-refractivity contribution in [3.8, 4) is 0 Å². The standard InChI is InChI=1S/C13H11BrN2O2/c1-6-4-10(17)11-8-5-7(14)2-3-9(8)16-12(11)13(18)15-6/h2-3,5-6,16H,4H2,1H3,(H,15,18). The van der Waals surface area contributed by atoms with Gasteiger partial charge in [-0.1, -0.05) is 15.9 Å². The summed E-state index contributed by atoms with van der Waals surface area (Å²) in [6.07, 6.45) is 0.332. The SMILES string of the molecule is CC1CC(=O)c2c([nH]c3ccc(Br)cc23)C(=O)N1. The lowest BCUT2D eigenvalue weighted by Gasteiger charge is -2.07. The Morgan fingerprint density at radius 1 is 1.33 bits per heavy atom. The molecule has 0 aliphatic carbocycles. The molecule has 5 heteroatoms. The van der Waals surface area contributed by atoms with Gasteiger partial charge in [0.15, 0.2) is 5.78 Å². The van der Waals surface area contributed by atoms with Crippen LogP contribution >= 0.6 is 15.9 Å². The number of amides is 1. The first-order chi connectivity index (χ1) is 8.56. The Labute approximate surface area is 112 Å². The molecule has 2 aromatic rings. The normalized spacial score (nSPS) is 19.6.